The van der Waals surface area contributed by atoms with Gasteiger partial charge in [0.15, 0.2) is 0 Å². The van der Waals surface area contributed by atoms with E-state index in [2.05, 4.69) is 13.8 Å². The molecule has 0 aromatic rings. The van der Waals surface area contributed by atoms with Gasteiger partial charge in [-0.2, -0.15) is 0 Å². The average molecular weight is 223 g/mol. The van der Waals surface area contributed by atoms with Crippen LogP contribution in [0.3, 0.4) is 0 Å². The summed E-state index contributed by atoms with van der Waals surface area (Å²) < 4.78 is 0. The fraction of sp³-hybridized carbons (Fsp3) is 1.00. The molecule has 2 N–H and O–H groups in total. The van der Waals surface area contributed by atoms with Crippen molar-refractivity contribution in [2.24, 2.45) is 23.0 Å². The van der Waals surface area contributed by atoms with Gasteiger partial charge in [-0.1, -0.05) is 52.4 Å². The molecule has 0 aliphatic heterocycles. The fourth-order valence-electron chi connectivity index (χ4n) is 4.11. The topological polar surface area (TPSA) is 26.0 Å². The van der Waals surface area contributed by atoms with Crippen LogP contribution in [-0.2, 0) is 0 Å². The Labute approximate surface area is 101 Å². The van der Waals surface area contributed by atoms with Crippen molar-refractivity contribution in [1.82, 2.24) is 0 Å². The monoisotopic (exact) mass is 223 g/mol. The van der Waals surface area contributed by atoms with Crippen molar-refractivity contribution in [2.45, 2.75) is 77.7 Å². The number of hydrogen-bond donors (Lipinski definition) is 1. The Bertz CT molecular complexity index is 215. The molecule has 16 heavy (non-hydrogen) atoms. The molecule has 94 valence electrons. The lowest BCUT2D eigenvalue weighted by atomic mass is 9.65. The minimum absolute atomic E-state index is 0.471. The van der Waals surface area contributed by atoms with Crippen molar-refractivity contribution in [2.75, 3.05) is 0 Å². The predicted molar refractivity (Wildman–Crippen MR) is 70.3 cm³/mol. The third kappa shape index (κ3) is 2.80. The van der Waals surface area contributed by atoms with Crippen LogP contribution in [0.25, 0.3) is 0 Å². The summed E-state index contributed by atoms with van der Waals surface area (Å²) in [7, 11) is 0. The van der Waals surface area contributed by atoms with Crippen LogP contribution in [-0.4, -0.2) is 6.04 Å². The van der Waals surface area contributed by atoms with E-state index in [1.807, 2.05) is 0 Å². The van der Waals surface area contributed by atoms with Crippen molar-refractivity contribution in [3.8, 4) is 0 Å². The average Bonchev–Trinajstić information content (AvgIpc) is 2.69. The Morgan fingerprint density at radius 3 is 2.31 bits per heavy atom. The zero-order valence-corrected chi connectivity index (χ0v) is 11.2. The van der Waals surface area contributed by atoms with Crippen molar-refractivity contribution < 1.29 is 0 Å². The van der Waals surface area contributed by atoms with Crippen LogP contribution in [0.1, 0.15) is 71.6 Å². The Kier molecular flexibility index (Phi) is 3.94. The quantitative estimate of drug-likeness (QED) is 0.765. The second-order valence-electron chi connectivity index (χ2n) is 6.89. The summed E-state index contributed by atoms with van der Waals surface area (Å²) >= 11 is 0. The standard InChI is InChI=1S/C15H29N/c1-15(2)10-6-5-9-13(15)14(16)11-12-7-3-4-8-12/h12-14H,3-11,16H2,1-2H3. The van der Waals surface area contributed by atoms with Crippen LogP contribution >= 0.6 is 0 Å². The van der Waals surface area contributed by atoms with E-state index >= 15 is 0 Å². The minimum Gasteiger partial charge on any atom is -0.327 e. The fourth-order valence-corrected chi connectivity index (χ4v) is 4.11. The summed E-state index contributed by atoms with van der Waals surface area (Å²) in [6.45, 7) is 4.87. The number of nitrogens with two attached hydrogens (primary N) is 1. The normalized spacial score (nSPS) is 32.8. The van der Waals surface area contributed by atoms with Gasteiger partial charge in [-0.25, -0.2) is 0 Å². The largest absolute Gasteiger partial charge is 0.327 e. The summed E-state index contributed by atoms with van der Waals surface area (Å²) in [5, 5.41) is 0. The van der Waals surface area contributed by atoms with Crippen LogP contribution in [0.15, 0.2) is 0 Å². The van der Waals surface area contributed by atoms with Gasteiger partial charge in [0.1, 0.15) is 0 Å². The molecule has 0 amide bonds. The SMILES string of the molecule is CC1(C)CCCCC1C(N)CC1CCCC1. The van der Waals surface area contributed by atoms with Crippen molar-refractivity contribution in [3.05, 3.63) is 0 Å². The molecule has 2 saturated carbocycles. The van der Waals surface area contributed by atoms with Gasteiger partial charge >= 0.3 is 0 Å². The third-order valence-corrected chi connectivity index (χ3v) is 5.19. The first kappa shape index (κ1) is 12.4. The molecule has 0 radical (unpaired) electrons. The van der Waals surface area contributed by atoms with Gasteiger partial charge in [0.25, 0.3) is 0 Å². The Morgan fingerprint density at radius 2 is 1.69 bits per heavy atom. The summed E-state index contributed by atoms with van der Waals surface area (Å²) in [6, 6.07) is 0.471. The van der Waals surface area contributed by atoms with E-state index in [0.29, 0.717) is 11.5 Å². The lowest BCUT2D eigenvalue weighted by Crippen LogP contribution is -2.42. The van der Waals surface area contributed by atoms with Crippen LogP contribution in [0.4, 0.5) is 0 Å². The molecule has 1 heteroatoms. The van der Waals surface area contributed by atoms with E-state index in [0.717, 1.165) is 11.8 Å². The molecule has 2 aliphatic carbocycles. The third-order valence-electron chi connectivity index (χ3n) is 5.19. The first-order valence-corrected chi connectivity index (χ1v) is 7.35. The van der Waals surface area contributed by atoms with E-state index in [-0.39, 0.29) is 0 Å². The molecule has 0 aromatic heterocycles. The van der Waals surface area contributed by atoms with Gasteiger partial charge in [-0.3, -0.25) is 0 Å². The van der Waals surface area contributed by atoms with Gasteiger partial charge in [-0.05, 0) is 36.5 Å². The molecule has 0 bridgehead atoms. The van der Waals surface area contributed by atoms with Gasteiger partial charge in [0, 0.05) is 6.04 Å². The smallest absolute Gasteiger partial charge is 0.00748 e. The van der Waals surface area contributed by atoms with Gasteiger partial charge in [0.05, 0.1) is 0 Å². The first-order valence-electron chi connectivity index (χ1n) is 7.35. The molecule has 0 saturated heterocycles. The summed E-state index contributed by atoms with van der Waals surface area (Å²) in [4.78, 5) is 0. The zero-order chi connectivity index (χ0) is 11.6. The highest BCUT2D eigenvalue weighted by atomic mass is 14.7. The maximum atomic E-state index is 6.50. The van der Waals surface area contributed by atoms with Gasteiger partial charge in [0.2, 0.25) is 0 Å². The molecular formula is C15H29N. The van der Waals surface area contributed by atoms with E-state index in [9.17, 15) is 0 Å². The molecule has 1 nitrogen and oxygen atoms in total. The molecule has 0 heterocycles. The van der Waals surface area contributed by atoms with Crippen molar-refractivity contribution in [3.63, 3.8) is 0 Å². The molecular weight excluding hydrogens is 194 g/mol. The van der Waals surface area contributed by atoms with Crippen LogP contribution in [0, 0.1) is 17.3 Å². The lowest BCUT2D eigenvalue weighted by Gasteiger charge is -2.42. The van der Waals surface area contributed by atoms with Crippen LogP contribution in [0.2, 0.25) is 0 Å². The molecule has 2 rings (SSSR count). The minimum atomic E-state index is 0.471. The molecule has 2 aliphatic rings. The zero-order valence-electron chi connectivity index (χ0n) is 11.2. The summed E-state index contributed by atoms with van der Waals surface area (Å²) in [5.74, 6) is 1.73. The number of hydrogen-bond acceptors (Lipinski definition) is 1. The Hall–Kier alpha value is -0.0400. The Morgan fingerprint density at radius 1 is 1.06 bits per heavy atom. The molecule has 0 spiro atoms. The van der Waals surface area contributed by atoms with E-state index < -0.39 is 0 Å². The maximum absolute atomic E-state index is 6.50. The highest BCUT2D eigenvalue weighted by Crippen LogP contribution is 2.43. The predicted octanol–water partition coefficient (Wildman–Crippen LogP) is 4.11. The van der Waals surface area contributed by atoms with Crippen molar-refractivity contribution >= 4 is 0 Å². The van der Waals surface area contributed by atoms with Gasteiger partial charge in [-0.15, -0.1) is 0 Å². The molecule has 2 atom stereocenters. The summed E-state index contributed by atoms with van der Waals surface area (Å²) in [5.41, 5.74) is 7.00. The Balaban J connectivity index is 1.88. The van der Waals surface area contributed by atoms with E-state index in [1.165, 1.54) is 57.8 Å². The molecule has 2 unspecified atom stereocenters. The number of rotatable bonds is 3. The van der Waals surface area contributed by atoms with Crippen LogP contribution in [0.5, 0.6) is 0 Å². The van der Waals surface area contributed by atoms with E-state index in [1.54, 1.807) is 0 Å². The highest BCUT2D eigenvalue weighted by molar-refractivity contribution is 4.90. The second kappa shape index (κ2) is 5.08. The second-order valence-corrected chi connectivity index (χ2v) is 6.89. The van der Waals surface area contributed by atoms with E-state index in [4.69, 9.17) is 5.73 Å². The molecule has 2 fully saturated rings. The van der Waals surface area contributed by atoms with Crippen molar-refractivity contribution in [1.29, 1.82) is 0 Å². The van der Waals surface area contributed by atoms with Gasteiger partial charge < -0.3 is 5.73 Å². The highest BCUT2D eigenvalue weighted by Gasteiger charge is 2.36. The first-order chi connectivity index (χ1) is 7.59. The maximum Gasteiger partial charge on any atom is 0.00748 e. The summed E-state index contributed by atoms with van der Waals surface area (Å²) in [6.07, 6.45) is 12.7. The molecule has 0 aromatic carbocycles. The lowest BCUT2D eigenvalue weighted by molar-refractivity contribution is 0.103. The van der Waals surface area contributed by atoms with Crippen LogP contribution < -0.4 is 5.73 Å².